The van der Waals surface area contributed by atoms with E-state index in [-0.39, 0.29) is 10.8 Å². The third-order valence-corrected chi connectivity index (χ3v) is 9.38. The quantitative estimate of drug-likeness (QED) is 0.176. The van der Waals surface area contributed by atoms with Crippen LogP contribution in [-0.2, 0) is 17.3 Å². The Balaban J connectivity index is 1.57. The predicted molar refractivity (Wildman–Crippen MR) is 185 cm³/mol. The molecule has 0 bridgehead atoms. The molecule has 1 atom stereocenters. The molecule has 222 valence electrons. The Hall–Kier alpha value is -4.04. The summed E-state index contributed by atoms with van der Waals surface area (Å²) in [5.74, 6) is 1.52. The van der Waals surface area contributed by atoms with Crippen LogP contribution in [0.25, 0.3) is 10.8 Å². The van der Waals surface area contributed by atoms with Crippen molar-refractivity contribution >= 4 is 16.5 Å². The van der Waals surface area contributed by atoms with Crippen LogP contribution in [0.5, 0.6) is 5.75 Å². The maximum absolute atomic E-state index is 5.63. The molecular formula is C41H47NO. The topological polar surface area (TPSA) is 12.5 Å². The molecule has 1 heterocycles. The molecular weight excluding hydrogens is 522 g/mol. The Morgan fingerprint density at radius 2 is 1.70 bits per heavy atom. The number of aryl methyl sites for hydroxylation is 1. The van der Waals surface area contributed by atoms with Crippen LogP contribution in [-0.4, -0.2) is 13.7 Å². The molecule has 0 fully saturated rings. The van der Waals surface area contributed by atoms with Gasteiger partial charge in [-0.2, -0.15) is 0 Å². The number of anilines is 1. The van der Waals surface area contributed by atoms with E-state index in [1.807, 2.05) is 0 Å². The molecule has 0 aliphatic carbocycles. The van der Waals surface area contributed by atoms with Gasteiger partial charge in [0.2, 0.25) is 0 Å². The van der Waals surface area contributed by atoms with E-state index in [1.165, 1.54) is 44.4 Å². The van der Waals surface area contributed by atoms with E-state index in [0.717, 1.165) is 30.7 Å². The smallest absolute Gasteiger partial charge is 0.120 e. The van der Waals surface area contributed by atoms with Gasteiger partial charge in [-0.1, -0.05) is 126 Å². The Bertz CT molecular complexity index is 1670. The summed E-state index contributed by atoms with van der Waals surface area (Å²) in [6, 6.07) is 30.6. The molecule has 1 unspecified atom stereocenters. The van der Waals surface area contributed by atoms with E-state index in [1.54, 1.807) is 7.11 Å². The van der Waals surface area contributed by atoms with E-state index < -0.39 is 0 Å². The lowest BCUT2D eigenvalue weighted by atomic mass is 9.69. The molecule has 0 saturated carbocycles. The number of ether oxygens (including phenoxy) is 1. The fraction of sp³-hybridized carbons (Fsp3) is 0.317. The second kappa shape index (κ2) is 12.3. The van der Waals surface area contributed by atoms with Crippen LogP contribution in [0.2, 0.25) is 0 Å². The number of methoxy groups -OCH3 is 1. The average molecular weight is 570 g/mol. The summed E-state index contributed by atoms with van der Waals surface area (Å²) in [6.45, 7) is 19.6. The van der Waals surface area contributed by atoms with Crippen LogP contribution in [0.1, 0.15) is 63.3 Å². The van der Waals surface area contributed by atoms with E-state index in [4.69, 9.17) is 11.3 Å². The summed E-state index contributed by atoms with van der Waals surface area (Å²) >= 11 is 0. The monoisotopic (exact) mass is 569 g/mol. The molecule has 0 amide bonds. The molecule has 4 aromatic carbocycles. The number of hydrogen-bond acceptors (Lipinski definition) is 2. The number of hydrogen-bond donors (Lipinski definition) is 0. The van der Waals surface area contributed by atoms with E-state index in [0.29, 0.717) is 5.92 Å². The van der Waals surface area contributed by atoms with Crippen molar-refractivity contribution in [2.75, 3.05) is 18.6 Å². The summed E-state index contributed by atoms with van der Waals surface area (Å²) in [7, 11) is 1.75. The second-order valence-corrected chi connectivity index (χ2v) is 13.3. The first-order chi connectivity index (χ1) is 20.6. The van der Waals surface area contributed by atoms with Gasteiger partial charge in [0.25, 0.3) is 0 Å². The van der Waals surface area contributed by atoms with Crippen molar-refractivity contribution in [2.24, 2.45) is 5.92 Å². The molecule has 0 N–H and O–H groups in total. The van der Waals surface area contributed by atoms with Crippen LogP contribution in [0.4, 0.5) is 5.69 Å². The first-order valence-corrected chi connectivity index (χ1v) is 15.6. The standard InChI is InChI=1S/C41H47NO/c1-29(2)25-26-42-37-27-34(43-8)23-24-36(37)40(5,6)38(42)20-14-15-31(4)41(7,28-32-16-10-9-11-17-32)39-30(3)21-22-33-18-12-13-19-35(33)39/h9-24,27,29H,4,25-26,28H2,1-3,5-8H3/b15-14+,38-20+. The van der Waals surface area contributed by atoms with Gasteiger partial charge in [0.05, 0.1) is 7.11 Å². The van der Waals surface area contributed by atoms with Gasteiger partial charge in [-0.3, -0.25) is 0 Å². The molecule has 0 saturated heterocycles. The van der Waals surface area contributed by atoms with Crippen molar-refractivity contribution in [1.29, 1.82) is 0 Å². The van der Waals surface area contributed by atoms with Crippen molar-refractivity contribution in [3.63, 3.8) is 0 Å². The summed E-state index contributed by atoms with van der Waals surface area (Å²) in [5, 5.41) is 2.57. The molecule has 4 aromatic rings. The molecule has 1 aliphatic rings. The highest BCUT2D eigenvalue weighted by atomic mass is 16.5. The Labute approximate surface area is 259 Å². The normalized spacial score (nSPS) is 16.7. The SMILES string of the molecule is C=C(/C=C/C=C1/N(CCC(C)C)c2cc(OC)ccc2C1(C)C)C(C)(Cc1ccccc1)c1c(C)ccc2ccccc12. The maximum atomic E-state index is 5.63. The summed E-state index contributed by atoms with van der Waals surface area (Å²) < 4.78 is 5.63. The van der Waals surface area contributed by atoms with Crippen LogP contribution in [0, 0.1) is 12.8 Å². The van der Waals surface area contributed by atoms with Crippen molar-refractivity contribution in [3.8, 4) is 5.75 Å². The van der Waals surface area contributed by atoms with E-state index in [2.05, 4.69) is 150 Å². The van der Waals surface area contributed by atoms with Gasteiger partial charge in [-0.25, -0.2) is 0 Å². The fourth-order valence-corrected chi connectivity index (χ4v) is 6.84. The maximum Gasteiger partial charge on any atom is 0.120 e. The molecule has 2 heteroatoms. The van der Waals surface area contributed by atoms with Gasteiger partial charge in [0, 0.05) is 34.8 Å². The van der Waals surface area contributed by atoms with Crippen molar-refractivity contribution < 1.29 is 4.74 Å². The van der Waals surface area contributed by atoms with Crippen LogP contribution < -0.4 is 9.64 Å². The van der Waals surface area contributed by atoms with Crippen LogP contribution >= 0.6 is 0 Å². The van der Waals surface area contributed by atoms with Gasteiger partial charge >= 0.3 is 0 Å². The molecule has 0 spiro atoms. The number of rotatable bonds is 10. The lowest BCUT2D eigenvalue weighted by molar-refractivity contribution is 0.414. The Morgan fingerprint density at radius 1 is 0.977 bits per heavy atom. The highest BCUT2D eigenvalue weighted by Crippen LogP contribution is 2.49. The van der Waals surface area contributed by atoms with Crippen LogP contribution in [0.15, 0.2) is 121 Å². The third kappa shape index (κ3) is 5.93. The number of benzene rings is 4. The molecule has 5 rings (SSSR count). The lowest BCUT2D eigenvalue weighted by Gasteiger charge is -2.34. The predicted octanol–water partition coefficient (Wildman–Crippen LogP) is 10.5. The third-order valence-electron chi connectivity index (χ3n) is 9.38. The molecule has 2 nitrogen and oxygen atoms in total. The van der Waals surface area contributed by atoms with Crippen molar-refractivity contribution in [1.82, 2.24) is 0 Å². The molecule has 43 heavy (non-hydrogen) atoms. The zero-order chi connectivity index (χ0) is 30.8. The average Bonchev–Trinajstić information content (AvgIpc) is 3.20. The largest absolute Gasteiger partial charge is 0.497 e. The van der Waals surface area contributed by atoms with Gasteiger partial charge in [-0.15, -0.1) is 0 Å². The van der Waals surface area contributed by atoms with Gasteiger partial charge in [0.1, 0.15) is 5.75 Å². The zero-order valence-electron chi connectivity index (χ0n) is 27.1. The summed E-state index contributed by atoms with van der Waals surface area (Å²) in [4.78, 5) is 2.50. The first-order valence-electron chi connectivity index (χ1n) is 15.6. The molecule has 0 aromatic heterocycles. The Kier molecular flexibility index (Phi) is 8.69. The van der Waals surface area contributed by atoms with E-state index >= 15 is 0 Å². The van der Waals surface area contributed by atoms with Gasteiger partial charge in [0.15, 0.2) is 0 Å². The minimum atomic E-state index is -0.292. The second-order valence-electron chi connectivity index (χ2n) is 13.3. The van der Waals surface area contributed by atoms with Gasteiger partial charge in [-0.05, 0) is 76.4 Å². The summed E-state index contributed by atoms with van der Waals surface area (Å²) in [6.07, 6.45) is 8.79. The number of allylic oxidation sites excluding steroid dienone is 5. The lowest BCUT2D eigenvalue weighted by Crippen LogP contribution is -2.28. The van der Waals surface area contributed by atoms with Crippen molar-refractivity contribution in [3.05, 3.63) is 143 Å². The fourth-order valence-electron chi connectivity index (χ4n) is 6.84. The molecule has 1 aliphatic heterocycles. The van der Waals surface area contributed by atoms with Crippen molar-refractivity contribution in [2.45, 2.75) is 65.2 Å². The summed E-state index contributed by atoms with van der Waals surface area (Å²) in [5.41, 5.74) is 8.57. The number of fused-ring (bicyclic) bond motifs is 2. The zero-order valence-corrected chi connectivity index (χ0v) is 27.1. The highest BCUT2D eigenvalue weighted by Gasteiger charge is 2.40. The van der Waals surface area contributed by atoms with E-state index in [9.17, 15) is 0 Å². The first kappa shape index (κ1) is 30.4. The van der Waals surface area contributed by atoms with Crippen LogP contribution in [0.3, 0.4) is 0 Å². The minimum absolute atomic E-state index is 0.121. The minimum Gasteiger partial charge on any atom is -0.497 e. The Morgan fingerprint density at radius 3 is 2.42 bits per heavy atom. The number of nitrogens with zero attached hydrogens (tertiary/aromatic N) is 1. The highest BCUT2D eigenvalue weighted by molar-refractivity contribution is 5.88. The van der Waals surface area contributed by atoms with Gasteiger partial charge < -0.3 is 9.64 Å². The molecule has 0 radical (unpaired) electrons.